The van der Waals surface area contributed by atoms with Crippen LogP contribution in [0.4, 0.5) is 0 Å². The van der Waals surface area contributed by atoms with Gasteiger partial charge in [0.2, 0.25) is 0 Å². The van der Waals surface area contributed by atoms with Crippen molar-refractivity contribution in [3.05, 3.63) is 65.0 Å². The summed E-state index contributed by atoms with van der Waals surface area (Å²) in [7, 11) is 2.04. The Kier molecular flexibility index (Phi) is 4.38. The van der Waals surface area contributed by atoms with Crippen LogP contribution in [0.15, 0.2) is 36.7 Å². The number of benzene rings is 2. The summed E-state index contributed by atoms with van der Waals surface area (Å²) in [6.07, 6.45) is 1.87. The Morgan fingerprint density at radius 2 is 1.54 bits per heavy atom. The van der Waals surface area contributed by atoms with Gasteiger partial charge in [0.25, 0.3) is 6.33 Å². The molecule has 0 amide bonds. The summed E-state index contributed by atoms with van der Waals surface area (Å²) < 4.78 is 2.09. The molecule has 0 aliphatic heterocycles. The van der Waals surface area contributed by atoms with Gasteiger partial charge in [-0.15, -0.1) is 0 Å². The van der Waals surface area contributed by atoms with E-state index in [2.05, 4.69) is 64.6 Å². The van der Waals surface area contributed by atoms with Crippen LogP contribution in [0.2, 0.25) is 0 Å². The SMILES string of the molecule is Cc1cc(C)c(C)c(-c2c3cccc(-c4nc(C)nc(C)n4)c3nc[n+]2C)c1. The number of aromatic nitrogens is 5. The number of aryl methyl sites for hydroxylation is 5. The molecule has 0 radical (unpaired) electrons. The minimum atomic E-state index is 0.667. The first-order valence-corrected chi connectivity index (χ1v) is 9.40. The number of nitrogens with zero attached hydrogens (tertiary/aromatic N) is 5. The van der Waals surface area contributed by atoms with Gasteiger partial charge in [-0.05, 0) is 68.9 Å². The van der Waals surface area contributed by atoms with E-state index in [9.17, 15) is 0 Å². The summed E-state index contributed by atoms with van der Waals surface area (Å²) in [5.74, 6) is 2.10. The van der Waals surface area contributed by atoms with Gasteiger partial charge in [0.1, 0.15) is 17.3 Å². The summed E-state index contributed by atoms with van der Waals surface area (Å²) in [5.41, 5.74) is 8.04. The normalized spacial score (nSPS) is 11.2. The molecular formula is C23H24N5+. The van der Waals surface area contributed by atoms with E-state index in [0.29, 0.717) is 17.5 Å². The Bertz CT molecular complexity index is 1210. The van der Waals surface area contributed by atoms with E-state index in [1.54, 1.807) is 0 Å². The second-order valence-corrected chi connectivity index (χ2v) is 7.41. The highest BCUT2D eigenvalue weighted by Crippen LogP contribution is 2.32. The van der Waals surface area contributed by atoms with Crippen molar-refractivity contribution >= 4 is 10.9 Å². The predicted octanol–water partition coefficient (Wildman–Crippen LogP) is 4.12. The third-order valence-electron chi connectivity index (χ3n) is 5.17. The lowest BCUT2D eigenvalue weighted by molar-refractivity contribution is -0.662. The smallest absolute Gasteiger partial charge is 0.232 e. The van der Waals surface area contributed by atoms with Gasteiger partial charge >= 0.3 is 0 Å². The Morgan fingerprint density at radius 3 is 2.25 bits per heavy atom. The van der Waals surface area contributed by atoms with E-state index >= 15 is 0 Å². The van der Waals surface area contributed by atoms with Crippen LogP contribution in [0.3, 0.4) is 0 Å². The van der Waals surface area contributed by atoms with Crippen LogP contribution in [-0.4, -0.2) is 19.9 Å². The largest absolute Gasteiger partial charge is 0.287 e. The predicted molar refractivity (Wildman–Crippen MR) is 111 cm³/mol. The van der Waals surface area contributed by atoms with Crippen molar-refractivity contribution < 1.29 is 4.57 Å². The highest BCUT2D eigenvalue weighted by Gasteiger charge is 2.21. The molecule has 0 saturated heterocycles. The topological polar surface area (TPSA) is 55.4 Å². The standard InChI is InChI=1S/C23H24N5/c1-13-10-14(2)15(3)20(11-13)22-18-8-7-9-19(21(18)24-12-28(22)6)23-26-16(4)25-17(5)27-23/h7-12H,1-6H3/q+1. The zero-order valence-electron chi connectivity index (χ0n) is 17.2. The molecule has 4 rings (SSSR count). The van der Waals surface area contributed by atoms with Crippen molar-refractivity contribution in [3.8, 4) is 22.6 Å². The lowest BCUT2D eigenvalue weighted by atomic mass is 9.95. The monoisotopic (exact) mass is 370 g/mol. The van der Waals surface area contributed by atoms with Crippen molar-refractivity contribution in [2.45, 2.75) is 34.6 Å². The summed E-state index contributed by atoms with van der Waals surface area (Å²) in [4.78, 5) is 18.2. The fourth-order valence-electron chi connectivity index (χ4n) is 3.80. The summed E-state index contributed by atoms with van der Waals surface area (Å²) in [5, 5.41) is 1.09. The molecule has 140 valence electrons. The molecule has 0 aliphatic rings. The van der Waals surface area contributed by atoms with Gasteiger partial charge < -0.3 is 0 Å². The maximum Gasteiger partial charge on any atom is 0.287 e. The van der Waals surface area contributed by atoms with Crippen molar-refractivity contribution in [3.63, 3.8) is 0 Å². The lowest BCUT2D eigenvalue weighted by Crippen LogP contribution is -2.32. The van der Waals surface area contributed by atoms with Crippen molar-refractivity contribution in [1.82, 2.24) is 19.9 Å². The Balaban J connectivity index is 2.07. The summed E-state index contributed by atoms with van der Waals surface area (Å²) in [6.45, 7) is 10.3. The molecule has 0 bridgehead atoms. The van der Waals surface area contributed by atoms with E-state index in [0.717, 1.165) is 22.2 Å². The molecule has 0 atom stereocenters. The molecule has 4 aromatic rings. The number of hydrogen-bond acceptors (Lipinski definition) is 4. The van der Waals surface area contributed by atoms with Crippen LogP contribution in [0.25, 0.3) is 33.5 Å². The van der Waals surface area contributed by atoms with Gasteiger partial charge in [0.15, 0.2) is 11.3 Å². The quantitative estimate of drug-likeness (QED) is 0.498. The maximum absolute atomic E-state index is 4.74. The zero-order valence-corrected chi connectivity index (χ0v) is 17.2. The Morgan fingerprint density at radius 1 is 0.821 bits per heavy atom. The highest BCUT2D eigenvalue weighted by atomic mass is 15.0. The molecule has 0 aliphatic carbocycles. The van der Waals surface area contributed by atoms with Crippen LogP contribution >= 0.6 is 0 Å². The molecule has 0 N–H and O–H groups in total. The van der Waals surface area contributed by atoms with Gasteiger partial charge in [-0.25, -0.2) is 19.5 Å². The van der Waals surface area contributed by atoms with E-state index in [-0.39, 0.29) is 0 Å². The lowest BCUT2D eigenvalue weighted by Gasteiger charge is -2.13. The molecule has 5 nitrogen and oxygen atoms in total. The third kappa shape index (κ3) is 3.03. The fraction of sp³-hybridized carbons (Fsp3) is 0.261. The zero-order chi connectivity index (χ0) is 20.0. The minimum Gasteiger partial charge on any atom is -0.232 e. The first kappa shape index (κ1) is 18.2. The fourth-order valence-corrected chi connectivity index (χ4v) is 3.80. The van der Waals surface area contributed by atoms with E-state index in [1.165, 1.54) is 22.3 Å². The van der Waals surface area contributed by atoms with Gasteiger partial charge in [0, 0.05) is 5.56 Å². The molecule has 0 saturated carbocycles. The number of fused-ring (bicyclic) bond motifs is 1. The molecule has 0 unspecified atom stereocenters. The molecule has 2 aromatic heterocycles. The maximum atomic E-state index is 4.74. The summed E-state index contributed by atoms with van der Waals surface area (Å²) in [6, 6.07) is 10.7. The minimum absolute atomic E-state index is 0.667. The Hall–Kier alpha value is -3.21. The van der Waals surface area contributed by atoms with E-state index < -0.39 is 0 Å². The van der Waals surface area contributed by atoms with Gasteiger partial charge in [-0.1, -0.05) is 17.7 Å². The van der Waals surface area contributed by atoms with Crippen LogP contribution in [0.1, 0.15) is 28.3 Å². The van der Waals surface area contributed by atoms with Crippen LogP contribution < -0.4 is 4.57 Å². The van der Waals surface area contributed by atoms with E-state index in [1.807, 2.05) is 33.3 Å². The number of hydrogen-bond donors (Lipinski definition) is 0. The first-order valence-electron chi connectivity index (χ1n) is 9.40. The van der Waals surface area contributed by atoms with Crippen molar-refractivity contribution in [2.75, 3.05) is 0 Å². The number of rotatable bonds is 2. The second kappa shape index (κ2) is 6.75. The summed E-state index contributed by atoms with van der Waals surface area (Å²) >= 11 is 0. The molecule has 5 heteroatoms. The molecule has 0 spiro atoms. The average molecular weight is 370 g/mol. The van der Waals surface area contributed by atoms with Crippen molar-refractivity contribution in [2.24, 2.45) is 7.05 Å². The third-order valence-corrected chi connectivity index (χ3v) is 5.17. The van der Waals surface area contributed by atoms with Gasteiger partial charge in [-0.3, -0.25) is 0 Å². The van der Waals surface area contributed by atoms with Crippen molar-refractivity contribution in [1.29, 1.82) is 0 Å². The molecule has 0 fully saturated rings. The number of para-hydroxylation sites is 1. The second-order valence-electron chi connectivity index (χ2n) is 7.41. The first-order chi connectivity index (χ1) is 13.3. The van der Waals surface area contributed by atoms with Gasteiger partial charge in [-0.2, -0.15) is 0 Å². The average Bonchev–Trinajstić information content (AvgIpc) is 2.63. The molecular weight excluding hydrogens is 346 g/mol. The van der Waals surface area contributed by atoms with Gasteiger partial charge in [0.05, 0.1) is 18.0 Å². The Labute approximate surface area is 165 Å². The van der Waals surface area contributed by atoms with E-state index in [4.69, 9.17) is 4.98 Å². The molecule has 2 heterocycles. The molecule has 28 heavy (non-hydrogen) atoms. The van der Waals surface area contributed by atoms with Crippen LogP contribution in [0.5, 0.6) is 0 Å². The highest BCUT2D eigenvalue weighted by molar-refractivity contribution is 5.99. The van der Waals surface area contributed by atoms with Crippen LogP contribution in [0, 0.1) is 34.6 Å². The molecule has 2 aromatic carbocycles. The van der Waals surface area contributed by atoms with Crippen LogP contribution in [-0.2, 0) is 7.05 Å².